The molecule has 0 radical (unpaired) electrons. The second-order valence-electron chi connectivity index (χ2n) is 5.23. The highest BCUT2D eigenvalue weighted by molar-refractivity contribution is 5.75. The van der Waals surface area contributed by atoms with E-state index in [2.05, 4.69) is 31.3 Å². The molecule has 0 saturated carbocycles. The Kier molecular flexibility index (Phi) is 6.57. The molecule has 0 aliphatic heterocycles. The lowest BCUT2D eigenvalue weighted by Crippen LogP contribution is -2.38. The lowest BCUT2D eigenvalue weighted by molar-refractivity contribution is -0.145. The van der Waals surface area contributed by atoms with Crippen LogP contribution < -0.4 is 5.32 Å². The van der Waals surface area contributed by atoms with Gasteiger partial charge in [0.2, 0.25) is 0 Å². The maximum atomic E-state index is 11.7. The van der Waals surface area contributed by atoms with Gasteiger partial charge in [0, 0.05) is 6.04 Å². The van der Waals surface area contributed by atoms with E-state index in [1.54, 1.807) is 0 Å². The number of hydrogen-bond donors (Lipinski definition) is 1. The van der Waals surface area contributed by atoms with Gasteiger partial charge in [-0.25, -0.2) is 0 Å². The molecule has 0 fully saturated rings. The number of benzene rings is 1. The Morgan fingerprint density at radius 2 is 1.84 bits per heavy atom. The fourth-order valence-electron chi connectivity index (χ4n) is 2.09. The molecule has 1 rings (SSSR count). The number of rotatable bonds is 7. The molecule has 0 aliphatic carbocycles. The smallest absolute Gasteiger partial charge is 0.322 e. The van der Waals surface area contributed by atoms with Crippen molar-refractivity contribution in [3.8, 4) is 0 Å². The third-order valence-electron chi connectivity index (χ3n) is 3.00. The minimum Gasteiger partial charge on any atom is -0.465 e. The second-order valence-corrected chi connectivity index (χ2v) is 5.23. The lowest BCUT2D eigenvalue weighted by atomic mass is 9.96. The number of nitrogens with one attached hydrogen (secondary N) is 1. The fraction of sp³-hybridized carbons (Fsp3) is 0.562. The van der Waals surface area contributed by atoms with Crippen molar-refractivity contribution in [1.82, 2.24) is 5.32 Å². The molecule has 3 heteroatoms. The molecule has 2 atom stereocenters. The summed E-state index contributed by atoms with van der Waals surface area (Å²) in [5.74, 6) is 0.374. The molecule has 1 aromatic carbocycles. The van der Waals surface area contributed by atoms with Crippen LogP contribution in [0.2, 0.25) is 0 Å². The maximum absolute atomic E-state index is 11.7. The molecule has 0 heterocycles. The minimum atomic E-state index is -0.288. The monoisotopic (exact) mass is 263 g/mol. The Balaban J connectivity index is 2.73. The predicted molar refractivity (Wildman–Crippen MR) is 77.9 cm³/mol. The van der Waals surface area contributed by atoms with Gasteiger partial charge in [0.1, 0.15) is 6.04 Å². The van der Waals surface area contributed by atoms with E-state index in [1.807, 2.05) is 32.0 Å². The van der Waals surface area contributed by atoms with Gasteiger partial charge in [-0.3, -0.25) is 10.1 Å². The molecule has 2 unspecified atom stereocenters. The summed E-state index contributed by atoms with van der Waals surface area (Å²) in [6.07, 6.45) is 0.994. The third-order valence-corrected chi connectivity index (χ3v) is 3.00. The van der Waals surface area contributed by atoms with Crippen molar-refractivity contribution >= 4 is 5.97 Å². The van der Waals surface area contributed by atoms with Crippen LogP contribution in [0.1, 0.15) is 45.7 Å². The average Bonchev–Trinajstić information content (AvgIpc) is 2.38. The van der Waals surface area contributed by atoms with Crippen molar-refractivity contribution in [3.63, 3.8) is 0 Å². The Hall–Kier alpha value is -1.35. The molecule has 1 aromatic rings. The first-order chi connectivity index (χ1) is 9.04. The molecule has 0 bridgehead atoms. The summed E-state index contributed by atoms with van der Waals surface area (Å²) in [5.41, 5.74) is 1.22. The summed E-state index contributed by atoms with van der Waals surface area (Å²) in [5, 5.41) is 3.37. The van der Waals surface area contributed by atoms with E-state index < -0.39 is 0 Å². The third kappa shape index (κ3) is 5.43. The molecule has 0 aliphatic rings. The van der Waals surface area contributed by atoms with Crippen LogP contribution in [-0.4, -0.2) is 18.6 Å². The molecular formula is C16H25NO2. The number of ether oxygens (including phenoxy) is 1. The molecule has 1 N–H and O–H groups in total. The Bertz CT molecular complexity index is 376. The Morgan fingerprint density at radius 3 is 2.37 bits per heavy atom. The molecule has 0 aromatic heterocycles. The van der Waals surface area contributed by atoms with Crippen molar-refractivity contribution in [2.45, 2.75) is 46.2 Å². The van der Waals surface area contributed by atoms with E-state index in [9.17, 15) is 4.79 Å². The van der Waals surface area contributed by atoms with E-state index in [0.717, 1.165) is 6.42 Å². The van der Waals surface area contributed by atoms with Crippen LogP contribution in [-0.2, 0) is 9.53 Å². The van der Waals surface area contributed by atoms with Gasteiger partial charge in [-0.2, -0.15) is 0 Å². The van der Waals surface area contributed by atoms with Gasteiger partial charge in [0.15, 0.2) is 0 Å². The zero-order chi connectivity index (χ0) is 14.3. The average molecular weight is 263 g/mol. The van der Waals surface area contributed by atoms with Gasteiger partial charge in [0.05, 0.1) is 6.61 Å². The highest BCUT2D eigenvalue weighted by Gasteiger charge is 2.20. The Morgan fingerprint density at radius 1 is 1.21 bits per heavy atom. The summed E-state index contributed by atoms with van der Waals surface area (Å²) >= 11 is 0. The summed E-state index contributed by atoms with van der Waals surface area (Å²) in [4.78, 5) is 11.7. The fourth-order valence-corrected chi connectivity index (χ4v) is 2.09. The van der Waals surface area contributed by atoms with E-state index in [1.165, 1.54) is 5.56 Å². The van der Waals surface area contributed by atoms with Crippen molar-refractivity contribution in [1.29, 1.82) is 0 Å². The van der Waals surface area contributed by atoms with Gasteiger partial charge >= 0.3 is 5.97 Å². The summed E-state index contributed by atoms with van der Waals surface area (Å²) in [7, 11) is 0. The number of carbonyl (C=O) groups is 1. The second kappa shape index (κ2) is 7.95. The molecular weight excluding hydrogens is 238 g/mol. The zero-order valence-corrected chi connectivity index (χ0v) is 12.3. The summed E-state index contributed by atoms with van der Waals surface area (Å²) in [6, 6.07) is 10.1. The maximum Gasteiger partial charge on any atom is 0.322 e. The highest BCUT2D eigenvalue weighted by atomic mass is 16.5. The molecule has 3 nitrogen and oxygen atoms in total. The Labute approximate surface area is 116 Å². The number of carbonyl (C=O) groups excluding carboxylic acids is 1. The molecule has 0 amide bonds. The van der Waals surface area contributed by atoms with Crippen molar-refractivity contribution in [2.75, 3.05) is 6.61 Å². The van der Waals surface area contributed by atoms with E-state index >= 15 is 0 Å². The van der Waals surface area contributed by atoms with Crippen LogP contribution >= 0.6 is 0 Å². The first-order valence-electron chi connectivity index (χ1n) is 7.02. The lowest BCUT2D eigenvalue weighted by Gasteiger charge is -2.24. The highest BCUT2D eigenvalue weighted by Crippen LogP contribution is 2.21. The first-order valence-corrected chi connectivity index (χ1v) is 7.02. The SMILES string of the molecule is CCOC(=O)C(C)NC(CC(C)C)c1ccccc1. The number of hydrogen-bond acceptors (Lipinski definition) is 3. The number of esters is 1. The normalized spacial score (nSPS) is 14.2. The van der Waals surface area contributed by atoms with Crippen LogP contribution in [0, 0.1) is 5.92 Å². The minimum absolute atomic E-state index is 0.181. The summed E-state index contributed by atoms with van der Waals surface area (Å²) in [6.45, 7) is 8.48. The van der Waals surface area contributed by atoms with Gasteiger partial charge in [0.25, 0.3) is 0 Å². The molecule has 19 heavy (non-hydrogen) atoms. The molecule has 0 saturated heterocycles. The van der Waals surface area contributed by atoms with Crippen molar-refractivity contribution in [3.05, 3.63) is 35.9 Å². The summed E-state index contributed by atoms with van der Waals surface area (Å²) < 4.78 is 5.04. The van der Waals surface area contributed by atoms with E-state index in [0.29, 0.717) is 12.5 Å². The van der Waals surface area contributed by atoms with Crippen LogP contribution in [0.4, 0.5) is 0 Å². The zero-order valence-electron chi connectivity index (χ0n) is 12.3. The largest absolute Gasteiger partial charge is 0.465 e. The topological polar surface area (TPSA) is 38.3 Å². The predicted octanol–water partition coefficient (Wildman–Crippen LogP) is 3.32. The molecule has 0 spiro atoms. The van der Waals surface area contributed by atoms with Gasteiger partial charge in [-0.1, -0.05) is 44.2 Å². The van der Waals surface area contributed by atoms with Crippen LogP contribution in [0.25, 0.3) is 0 Å². The van der Waals surface area contributed by atoms with Gasteiger partial charge in [-0.15, -0.1) is 0 Å². The quantitative estimate of drug-likeness (QED) is 0.767. The van der Waals surface area contributed by atoms with Crippen LogP contribution in [0.3, 0.4) is 0 Å². The van der Waals surface area contributed by atoms with E-state index in [-0.39, 0.29) is 18.1 Å². The standard InChI is InChI=1S/C16H25NO2/c1-5-19-16(18)13(4)17-15(11-12(2)3)14-9-7-6-8-10-14/h6-10,12-13,15,17H,5,11H2,1-4H3. The van der Waals surface area contributed by atoms with Gasteiger partial charge < -0.3 is 4.74 Å². The van der Waals surface area contributed by atoms with Crippen molar-refractivity contribution in [2.24, 2.45) is 5.92 Å². The molecule has 106 valence electrons. The van der Waals surface area contributed by atoms with Crippen molar-refractivity contribution < 1.29 is 9.53 Å². The van der Waals surface area contributed by atoms with E-state index in [4.69, 9.17) is 4.74 Å². The first kappa shape index (κ1) is 15.7. The van der Waals surface area contributed by atoms with Crippen LogP contribution in [0.5, 0.6) is 0 Å². The van der Waals surface area contributed by atoms with Crippen LogP contribution in [0.15, 0.2) is 30.3 Å². The van der Waals surface area contributed by atoms with Gasteiger partial charge in [-0.05, 0) is 31.7 Å².